The molecule has 0 atom stereocenters. The summed E-state index contributed by atoms with van der Waals surface area (Å²) in [5.74, 6) is -0.0428. The Balaban J connectivity index is 1.64. The van der Waals surface area contributed by atoms with Crippen LogP contribution < -0.4 is 11.1 Å². The van der Waals surface area contributed by atoms with E-state index in [1.54, 1.807) is 6.07 Å². The molecule has 0 aliphatic heterocycles. The molecule has 1 aliphatic rings. The van der Waals surface area contributed by atoms with Crippen molar-refractivity contribution >= 4 is 32.6 Å². The summed E-state index contributed by atoms with van der Waals surface area (Å²) >= 11 is 1.40. The molecule has 6 heteroatoms. The van der Waals surface area contributed by atoms with Crippen LogP contribution in [0.2, 0.25) is 0 Å². The molecule has 3 N–H and O–H groups in total. The molecule has 0 saturated heterocycles. The number of anilines is 1. The summed E-state index contributed by atoms with van der Waals surface area (Å²) in [6.07, 6.45) is 2.10. The molecule has 1 aromatic heterocycles. The molecule has 2 aromatic rings. The molecule has 5 nitrogen and oxygen atoms in total. The number of hydrogen-bond donors (Lipinski definition) is 2. The summed E-state index contributed by atoms with van der Waals surface area (Å²) in [4.78, 5) is 16.3. The van der Waals surface area contributed by atoms with E-state index in [0.717, 1.165) is 29.7 Å². The van der Waals surface area contributed by atoms with Crippen LogP contribution in [0.25, 0.3) is 10.2 Å². The molecule has 20 heavy (non-hydrogen) atoms. The first-order chi connectivity index (χ1) is 9.65. The summed E-state index contributed by atoms with van der Waals surface area (Å²) in [5, 5.41) is 3.55. The van der Waals surface area contributed by atoms with E-state index in [1.807, 2.05) is 19.1 Å². The van der Waals surface area contributed by atoms with Gasteiger partial charge in [-0.2, -0.15) is 0 Å². The smallest absolute Gasteiger partial charge is 0.251 e. The molecular weight excluding hydrogens is 274 g/mol. The van der Waals surface area contributed by atoms with Crippen LogP contribution in [0, 0.1) is 0 Å². The van der Waals surface area contributed by atoms with Gasteiger partial charge in [0.2, 0.25) is 0 Å². The van der Waals surface area contributed by atoms with E-state index in [9.17, 15) is 4.79 Å². The van der Waals surface area contributed by atoms with Crippen molar-refractivity contribution in [3.63, 3.8) is 0 Å². The number of benzene rings is 1. The van der Waals surface area contributed by atoms with E-state index in [1.165, 1.54) is 11.3 Å². The lowest BCUT2D eigenvalue weighted by atomic mass is 9.89. The summed E-state index contributed by atoms with van der Waals surface area (Å²) in [6.45, 7) is 2.72. The van der Waals surface area contributed by atoms with E-state index >= 15 is 0 Å². The Hall–Kier alpha value is -1.66. The second-order valence-corrected chi connectivity index (χ2v) is 6.02. The van der Waals surface area contributed by atoms with Gasteiger partial charge in [0, 0.05) is 18.2 Å². The van der Waals surface area contributed by atoms with Gasteiger partial charge in [-0.15, -0.1) is 0 Å². The van der Waals surface area contributed by atoms with Crippen LogP contribution >= 0.6 is 11.3 Å². The third-order valence-electron chi connectivity index (χ3n) is 3.50. The first-order valence-electron chi connectivity index (χ1n) is 6.74. The maximum absolute atomic E-state index is 12.2. The number of rotatable bonds is 4. The minimum Gasteiger partial charge on any atom is -0.378 e. The highest BCUT2D eigenvalue weighted by atomic mass is 32.1. The topological polar surface area (TPSA) is 77.2 Å². The van der Waals surface area contributed by atoms with Gasteiger partial charge in [-0.05, 0) is 38.0 Å². The third kappa shape index (κ3) is 2.62. The van der Waals surface area contributed by atoms with E-state index in [2.05, 4.69) is 10.3 Å². The highest BCUT2D eigenvalue weighted by molar-refractivity contribution is 7.22. The molecule has 0 radical (unpaired) electrons. The summed E-state index contributed by atoms with van der Waals surface area (Å²) in [5.41, 5.74) is 7.16. The molecule has 0 spiro atoms. The van der Waals surface area contributed by atoms with Gasteiger partial charge in [0.1, 0.15) is 0 Å². The Morgan fingerprint density at radius 3 is 3.10 bits per heavy atom. The number of fused-ring (bicyclic) bond motifs is 1. The standard InChI is InChI=1S/C14H17N3O2S/c1-2-19-10-6-9(7-10)16-13(18)8-3-4-11-12(5-8)20-14(15)17-11/h3-5,9-10H,2,6-7H2,1H3,(H2,15,17)(H,16,18). The van der Waals surface area contributed by atoms with E-state index in [4.69, 9.17) is 10.5 Å². The zero-order chi connectivity index (χ0) is 14.1. The summed E-state index contributed by atoms with van der Waals surface area (Å²) < 4.78 is 6.42. The highest BCUT2D eigenvalue weighted by Crippen LogP contribution is 2.26. The lowest BCUT2D eigenvalue weighted by Crippen LogP contribution is -2.47. The number of nitrogens with one attached hydrogen (secondary N) is 1. The van der Waals surface area contributed by atoms with Gasteiger partial charge in [-0.1, -0.05) is 11.3 Å². The zero-order valence-corrected chi connectivity index (χ0v) is 12.1. The second kappa shape index (κ2) is 5.38. The van der Waals surface area contributed by atoms with Crippen LogP contribution in [0.1, 0.15) is 30.1 Å². The van der Waals surface area contributed by atoms with Gasteiger partial charge in [-0.25, -0.2) is 4.98 Å². The predicted octanol–water partition coefficient (Wildman–Crippen LogP) is 2.18. The number of hydrogen-bond acceptors (Lipinski definition) is 5. The summed E-state index contributed by atoms with van der Waals surface area (Å²) in [7, 11) is 0. The van der Waals surface area contributed by atoms with Crippen LogP contribution in [0.15, 0.2) is 18.2 Å². The number of carbonyl (C=O) groups is 1. The van der Waals surface area contributed by atoms with Crippen molar-refractivity contribution in [1.29, 1.82) is 0 Å². The number of nitrogen functional groups attached to an aromatic ring is 1. The molecule has 1 heterocycles. The Kier molecular flexibility index (Phi) is 3.58. The number of aromatic nitrogens is 1. The van der Waals surface area contributed by atoms with Crippen LogP contribution in [-0.2, 0) is 4.74 Å². The van der Waals surface area contributed by atoms with Crippen LogP contribution in [0.4, 0.5) is 5.13 Å². The second-order valence-electron chi connectivity index (χ2n) is 4.95. The number of nitrogens with zero attached hydrogens (tertiary/aromatic N) is 1. The molecule has 1 aromatic carbocycles. The normalized spacial score (nSPS) is 21.6. The predicted molar refractivity (Wildman–Crippen MR) is 79.9 cm³/mol. The molecule has 0 unspecified atom stereocenters. The molecule has 1 fully saturated rings. The number of thiazole rings is 1. The van der Waals surface area contributed by atoms with E-state index in [-0.39, 0.29) is 11.9 Å². The van der Waals surface area contributed by atoms with Gasteiger partial charge in [-0.3, -0.25) is 4.79 Å². The fraction of sp³-hybridized carbons (Fsp3) is 0.429. The Morgan fingerprint density at radius 1 is 1.55 bits per heavy atom. The first kappa shape index (κ1) is 13.3. The van der Waals surface area contributed by atoms with Crippen molar-refractivity contribution in [3.05, 3.63) is 23.8 Å². The number of amides is 1. The first-order valence-corrected chi connectivity index (χ1v) is 7.56. The Labute approximate surface area is 121 Å². The van der Waals surface area contributed by atoms with Gasteiger partial charge in [0.15, 0.2) is 5.13 Å². The number of carbonyl (C=O) groups excluding carboxylic acids is 1. The number of nitrogens with two attached hydrogens (primary N) is 1. The van der Waals surface area contributed by atoms with Gasteiger partial charge >= 0.3 is 0 Å². The lowest BCUT2D eigenvalue weighted by Gasteiger charge is -2.35. The van der Waals surface area contributed by atoms with Crippen LogP contribution in [0.5, 0.6) is 0 Å². The molecule has 1 saturated carbocycles. The number of ether oxygens (including phenoxy) is 1. The fourth-order valence-electron chi connectivity index (χ4n) is 2.41. The minimum absolute atomic E-state index is 0.0428. The van der Waals surface area contributed by atoms with Crippen LogP contribution in [-0.4, -0.2) is 29.6 Å². The molecule has 106 valence electrons. The lowest BCUT2D eigenvalue weighted by molar-refractivity contribution is -0.00862. The monoisotopic (exact) mass is 291 g/mol. The van der Waals surface area contributed by atoms with Crippen molar-refractivity contribution in [2.75, 3.05) is 12.3 Å². The van der Waals surface area contributed by atoms with Gasteiger partial charge in [0.25, 0.3) is 5.91 Å². The van der Waals surface area contributed by atoms with Crippen molar-refractivity contribution < 1.29 is 9.53 Å². The van der Waals surface area contributed by atoms with Crippen molar-refractivity contribution in [1.82, 2.24) is 10.3 Å². The maximum atomic E-state index is 12.2. The average molecular weight is 291 g/mol. The highest BCUT2D eigenvalue weighted by Gasteiger charge is 2.30. The van der Waals surface area contributed by atoms with Crippen molar-refractivity contribution in [2.24, 2.45) is 0 Å². The summed E-state index contributed by atoms with van der Waals surface area (Å²) in [6, 6.07) is 5.69. The van der Waals surface area contributed by atoms with E-state index < -0.39 is 0 Å². The largest absolute Gasteiger partial charge is 0.378 e. The van der Waals surface area contributed by atoms with Crippen molar-refractivity contribution in [2.45, 2.75) is 31.9 Å². The molecule has 0 bridgehead atoms. The zero-order valence-electron chi connectivity index (χ0n) is 11.3. The molecule has 1 amide bonds. The quantitative estimate of drug-likeness (QED) is 0.905. The molecular formula is C14H17N3O2S. The van der Waals surface area contributed by atoms with Crippen molar-refractivity contribution in [3.8, 4) is 0 Å². The van der Waals surface area contributed by atoms with Gasteiger partial charge < -0.3 is 15.8 Å². The third-order valence-corrected chi connectivity index (χ3v) is 4.35. The maximum Gasteiger partial charge on any atom is 0.251 e. The molecule has 3 rings (SSSR count). The fourth-order valence-corrected chi connectivity index (χ4v) is 3.18. The SMILES string of the molecule is CCOC1CC(NC(=O)c2ccc3nc(N)sc3c2)C1. The Morgan fingerprint density at radius 2 is 2.35 bits per heavy atom. The molecule has 1 aliphatic carbocycles. The van der Waals surface area contributed by atoms with Crippen LogP contribution in [0.3, 0.4) is 0 Å². The van der Waals surface area contributed by atoms with Gasteiger partial charge in [0.05, 0.1) is 16.3 Å². The average Bonchev–Trinajstić information content (AvgIpc) is 2.75. The Bertz CT molecular complexity index is 634. The van der Waals surface area contributed by atoms with E-state index in [0.29, 0.717) is 16.8 Å². The minimum atomic E-state index is -0.0428.